The number of carbonyl (C=O) groups is 2. The molecule has 226 valence electrons. The smallest absolute Gasteiger partial charge is 0.261 e. The number of aliphatic hydroxyl groups excluding tert-OH is 1. The summed E-state index contributed by atoms with van der Waals surface area (Å²) in [4.78, 5) is 27.4. The largest absolute Gasteiger partial charge is 0.472 e. The van der Waals surface area contributed by atoms with Crippen molar-refractivity contribution < 1.29 is 28.6 Å². The van der Waals surface area contributed by atoms with Crippen LogP contribution in [0, 0.1) is 34.5 Å². The normalized spacial score (nSPS) is 39.1. The number of rotatable bonds is 8. The number of nitrogens with zero attached hydrogens (tertiary/aromatic N) is 1. The summed E-state index contributed by atoms with van der Waals surface area (Å²) < 4.78 is 18.6. The van der Waals surface area contributed by atoms with E-state index in [-0.39, 0.29) is 36.5 Å². The molecule has 1 aliphatic heterocycles. The molecule has 5 aliphatic rings. The predicted octanol–water partition coefficient (Wildman–Crippen LogP) is 6.21. The Morgan fingerprint density at radius 3 is 2.40 bits per heavy atom. The number of fused-ring (bicyclic) bond motifs is 6. The van der Waals surface area contributed by atoms with Crippen molar-refractivity contribution in [1.29, 1.82) is 0 Å². The molecule has 4 saturated carbocycles. The van der Waals surface area contributed by atoms with Crippen LogP contribution in [0.2, 0.25) is 0 Å². The number of aliphatic hydroxyl groups is 1. The number of imide groups is 1. The molecule has 2 amide bonds. The van der Waals surface area contributed by atoms with Crippen LogP contribution in [0.25, 0.3) is 0 Å². The topological polar surface area (TPSA) is 89.2 Å². The molecule has 1 N–H and O–H groups in total. The van der Waals surface area contributed by atoms with E-state index < -0.39 is 5.60 Å². The molecule has 4 fully saturated rings. The fourth-order valence-electron chi connectivity index (χ4n) is 10.6. The van der Waals surface area contributed by atoms with Crippen molar-refractivity contribution >= 4 is 11.8 Å². The van der Waals surface area contributed by atoms with Gasteiger partial charge in [-0.2, -0.15) is 0 Å². The highest BCUT2D eigenvalue weighted by Crippen LogP contribution is 2.71. The zero-order chi connectivity index (χ0) is 29.1. The molecule has 1 aromatic carbocycles. The highest BCUT2D eigenvalue weighted by Gasteiger charge is 2.66. The number of hydrogen-bond donors (Lipinski definition) is 1. The van der Waals surface area contributed by atoms with Crippen molar-refractivity contribution in [3.63, 3.8) is 0 Å². The molecular weight excluding hydrogens is 530 g/mol. The van der Waals surface area contributed by atoms with E-state index in [0.29, 0.717) is 53.4 Å². The zero-order valence-electron chi connectivity index (χ0n) is 25.1. The standard InChI is InChI=1S/C35H45NO6/c1-33-13-9-25(41-20-17-37)21-23(33)7-8-28-29(33)10-14-34(2)30(28)11-15-35(34,24-12-18-40-22-24)42-19-16-36-31(38)26-5-3-4-6-27(26)32(36)39/h3-6,12,18,22-23,25,28-30,37H,7-11,13-17,19-21H2,1-2H3/t23?,25?,28-,29-,30+,33+,34+,35?/m1/s1. The van der Waals surface area contributed by atoms with E-state index >= 15 is 0 Å². The second kappa shape index (κ2) is 10.6. The van der Waals surface area contributed by atoms with E-state index in [1.165, 1.54) is 30.6 Å². The molecule has 0 radical (unpaired) electrons. The van der Waals surface area contributed by atoms with Crippen LogP contribution < -0.4 is 0 Å². The Bertz CT molecular complexity index is 1290. The van der Waals surface area contributed by atoms with E-state index in [9.17, 15) is 14.7 Å². The fraction of sp³-hybridized carbons (Fsp3) is 0.657. The van der Waals surface area contributed by atoms with Gasteiger partial charge in [-0.15, -0.1) is 0 Å². The minimum atomic E-state index is -0.498. The lowest BCUT2D eigenvalue weighted by atomic mass is 9.44. The summed E-state index contributed by atoms with van der Waals surface area (Å²) in [5, 5.41) is 9.25. The van der Waals surface area contributed by atoms with Crippen LogP contribution >= 0.6 is 0 Å². The third kappa shape index (κ3) is 4.10. The maximum atomic E-state index is 13.0. The van der Waals surface area contributed by atoms with Crippen LogP contribution in [0.1, 0.15) is 97.9 Å². The highest BCUT2D eigenvalue weighted by molar-refractivity contribution is 6.21. The lowest BCUT2D eigenvalue weighted by molar-refractivity contribution is -0.184. The van der Waals surface area contributed by atoms with Crippen LogP contribution in [0.15, 0.2) is 47.3 Å². The quantitative estimate of drug-likeness (QED) is 0.377. The van der Waals surface area contributed by atoms with Crippen LogP contribution in [0.5, 0.6) is 0 Å². The predicted molar refractivity (Wildman–Crippen MR) is 157 cm³/mol. The number of carbonyl (C=O) groups excluding carboxylic acids is 2. The van der Waals surface area contributed by atoms with Gasteiger partial charge >= 0.3 is 0 Å². The summed E-state index contributed by atoms with van der Waals surface area (Å²) in [5.74, 6) is 2.19. The first-order chi connectivity index (χ1) is 20.3. The monoisotopic (exact) mass is 575 g/mol. The molecular formula is C35H45NO6. The lowest BCUT2D eigenvalue weighted by Gasteiger charge is -2.62. The first kappa shape index (κ1) is 28.3. The first-order valence-electron chi connectivity index (χ1n) is 16.2. The Balaban J connectivity index is 1.10. The zero-order valence-corrected chi connectivity index (χ0v) is 25.1. The Hall–Kier alpha value is -2.48. The second-order valence-corrected chi connectivity index (χ2v) is 14.1. The number of amides is 2. The highest BCUT2D eigenvalue weighted by atomic mass is 16.5. The van der Waals surface area contributed by atoms with Crippen LogP contribution in [0.4, 0.5) is 0 Å². The van der Waals surface area contributed by atoms with E-state index in [2.05, 4.69) is 19.9 Å². The summed E-state index contributed by atoms with van der Waals surface area (Å²) in [7, 11) is 0. The van der Waals surface area contributed by atoms with Crippen molar-refractivity contribution in [1.82, 2.24) is 4.90 Å². The Kier molecular flexibility index (Phi) is 7.14. The van der Waals surface area contributed by atoms with Gasteiger partial charge in [0, 0.05) is 11.0 Å². The Morgan fingerprint density at radius 2 is 1.69 bits per heavy atom. The van der Waals surface area contributed by atoms with Crippen LogP contribution in [-0.2, 0) is 15.1 Å². The third-order valence-electron chi connectivity index (χ3n) is 12.7. The van der Waals surface area contributed by atoms with Gasteiger partial charge in [0.15, 0.2) is 0 Å². The van der Waals surface area contributed by atoms with Crippen molar-refractivity contribution in [3.8, 4) is 0 Å². The third-order valence-corrected chi connectivity index (χ3v) is 12.7. The number of furan rings is 1. The molecule has 42 heavy (non-hydrogen) atoms. The van der Waals surface area contributed by atoms with Gasteiger partial charge in [-0.25, -0.2) is 0 Å². The maximum Gasteiger partial charge on any atom is 0.261 e. The van der Waals surface area contributed by atoms with E-state index in [1.807, 2.05) is 6.26 Å². The van der Waals surface area contributed by atoms with E-state index in [4.69, 9.17) is 13.9 Å². The van der Waals surface area contributed by atoms with Crippen molar-refractivity contribution in [3.05, 3.63) is 59.5 Å². The van der Waals surface area contributed by atoms with Gasteiger partial charge in [0.25, 0.3) is 11.8 Å². The number of hydrogen-bond acceptors (Lipinski definition) is 6. The molecule has 7 heteroatoms. The molecule has 0 saturated heterocycles. The summed E-state index contributed by atoms with van der Waals surface area (Å²) in [6, 6.07) is 9.13. The molecule has 3 unspecified atom stereocenters. The van der Waals surface area contributed by atoms with E-state index in [1.54, 1.807) is 30.5 Å². The van der Waals surface area contributed by atoms with E-state index in [0.717, 1.165) is 37.7 Å². The minimum absolute atomic E-state index is 0.0509. The van der Waals surface area contributed by atoms with Gasteiger partial charge in [0.05, 0.1) is 56.1 Å². The molecule has 8 atom stereocenters. The van der Waals surface area contributed by atoms with Crippen LogP contribution in [0.3, 0.4) is 0 Å². The average Bonchev–Trinajstić information content (AvgIpc) is 3.70. The summed E-state index contributed by atoms with van der Waals surface area (Å²) >= 11 is 0. The summed E-state index contributed by atoms with van der Waals surface area (Å²) in [6.45, 7) is 6.12. The average molecular weight is 576 g/mol. The van der Waals surface area contributed by atoms with Gasteiger partial charge in [0.1, 0.15) is 5.60 Å². The Morgan fingerprint density at radius 1 is 0.929 bits per heavy atom. The lowest BCUT2D eigenvalue weighted by Crippen LogP contribution is -2.56. The van der Waals surface area contributed by atoms with Gasteiger partial charge in [-0.05, 0) is 105 Å². The van der Waals surface area contributed by atoms with Crippen molar-refractivity contribution in [2.24, 2.45) is 34.5 Å². The molecule has 1 aromatic heterocycles. The Labute approximate surface area is 248 Å². The van der Waals surface area contributed by atoms with Gasteiger partial charge in [0.2, 0.25) is 0 Å². The van der Waals surface area contributed by atoms with Crippen LogP contribution in [-0.4, -0.2) is 54.3 Å². The second-order valence-electron chi connectivity index (χ2n) is 14.1. The molecule has 7 nitrogen and oxygen atoms in total. The molecule has 0 spiro atoms. The minimum Gasteiger partial charge on any atom is -0.472 e. The number of ether oxygens (including phenoxy) is 2. The first-order valence-corrected chi connectivity index (χ1v) is 16.2. The molecule has 7 rings (SSSR count). The maximum absolute atomic E-state index is 13.0. The van der Waals surface area contributed by atoms with Gasteiger partial charge < -0.3 is 19.0 Å². The molecule has 4 aliphatic carbocycles. The number of benzene rings is 1. The molecule has 2 aromatic rings. The van der Waals surface area contributed by atoms with Gasteiger partial charge in [-0.3, -0.25) is 14.5 Å². The van der Waals surface area contributed by atoms with Crippen molar-refractivity contribution in [2.45, 2.75) is 83.3 Å². The molecule has 0 bridgehead atoms. The molecule has 2 heterocycles. The fourth-order valence-corrected chi connectivity index (χ4v) is 10.6. The van der Waals surface area contributed by atoms with Crippen molar-refractivity contribution in [2.75, 3.05) is 26.4 Å². The van der Waals surface area contributed by atoms with Gasteiger partial charge in [-0.1, -0.05) is 26.0 Å². The SMILES string of the molecule is C[C@]12CCC(OCCO)CC1CC[C@@H]1[C@H]2CC[C@@]2(C)[C@H]1CCC2(OCCN1C(=O)c2ccccc2C1=O)c1ccoc1. The summed E-state index contributed by atoms with van der Waals surface area (Å²) in [6.07, 6.45) is 14.2. The summed E-state index contributed by atoms with van der Waals surface area (Å²) in [5.41, 5.74) is 1.85.